The summed E-state index contributed by atoms with van der Waals surface area (Å²) in [5.74, 6) is 0.157. The largest absolute Gasteiger partial charge is 0.487 e. The minimum absolute atomic E-state index is 0. The van der Waals surface area contributed by atoms with Gasteiger partial charge in [-0.3, -0.25) is 23.7 Å². The maximum Gasteiger partial charge on any atom is 0.143 e. The Hall–Kier alpha value is -7.81. The van der Waals surface area contributed by atoms with Crippen LogP contribution < -0.4 is 4.74 Å². The molecule has 74 heavy (non-hydrogen) atoms. The van der Waals surface area contributed by atoms with Crippen molar-refractivity contribution in [2.45, 2.75) is 58.2 Å². The average Bonchev–Trinajstić information content (AvgIpc) is 3.46. The molecular formula is C65H55F2IrN4O2-. The van der Waals surface area contributed by atoms with E-state index in [9.17, 15) is 13.9 Å². The van der Waals surface area contributed by atoms with Crippen molar-refractivity contribution in [1.29, 1.82) is 0 Å². The fourth-order valence-corrected chi connectivity index (χ4v) is 9.22. The maximum absolute atomic E-state index is 13.2. The molecule has 0 saturated heterocycles. The molecule has 2 atom stereocenters. The zero-order valence-electron chi connectivity index (χ0n) is 41.2. The molecule has 6 nitrogen and oxygen atoms in total. The number of aliphatic hydroxyl groups excluding tert-OH is 1. The van der Waals surface area contributed by atoms with Crippen molar-refractivity contribution < 1.29 is 38.7 Å². The molecule has 0 bridgehead atoms. The van der Waals surface area contributed by atoms with Crippen molar-refractivity contribution in [1.82, 2.24) is 19.9 Å². The number of hydrogen-bond acceptors (Lipinski definition) is 6. The molecule has 4 heterocycles. The summed E-state index contributed by atoms with van der Waals surface area (Å²) < 4.78 is 31.8. The van der Waals surface area contributed by atoms with Crippen molar-refractivity contribution in [3.05, 3.63) is 259 Å². The third-order valence-electron chi connectivity index (χ3n) is 13.2. The van der Waals surface area contributed by atoms with Crippen molar-refractivity contribution in [3.63, 3.8) is 0 Å². The Labute approximate surface area is 446 Å². The fraction of sp³-hybridized carbons (Fsp3) is 0.138. The monoisotopic (exact) mass is 1150 g/mol. The van der Waals surface area contributed by atoms with Crippen molar-refractivity contribution in [2.24, 2.45) is 0 Å². The smallest absolute Gasteiger partial charge is 0.143 e. The number of pyridine rings is 4. The number of nitrogens with zero attached hydrogens (tertiary/aromatic N) is 4. The van der Waals surface area contributed by atoms with Gasteiger partial charge in [-0.05, 0) is 159 Å². The van der Waals surface area contributed by atoms with E-state index < -0.39 is 11.6 Å². The molecule has 9 heteroatoms. The molecule has 2 unspecified atom stereocenters. The molecule has 0 fully saturated rings. The van der Waals surface area contributed by atoms with Gasteiger partial charge in [0.15, 0.2) is 0 Å². The Morgan fingerprint density at radius 1 is 0.514 bits per heavy atom. The summed E-state index contributed by atoms with van der Waals surface area (Å²) in [7, 11) is 0. The first-order chi connectivity index (χ1) is 35.8. The Balaban J connectivity index is 0.000000418. The Morgan fingerprint density at radius 2 is 1.04 bits per heavy atom. The predicted molar refractivity (Wildman–Crippen MR) is 289 cm³/mol. The number of halogens is 2. The van der Waals surface area contributed by atoms with Gasteiger partial charge in [-0.15, -0.1) is 12.1 Å². The summed E-state index contributed by atoms with van der Waals surface area (Å²) in [5, 5.41) is 9.63. The maximum atomic E-state index is 13.2. The van der Waals surface area contributed by atoms with Crippen LogP contribution in [0.4, 0.5) is 8.78 Å². The molecule has 10 rings (SSSR count). The van der Waals surface area contributed by atoms with Gasteiger partial charge >= 0.3 is 0 Å². The Bertz CT molecular complexity index is 3280. The van der Waals surface area contributed by atoms with Gasteiger partial charge in [-0.1, -0.05) is 135 Å². The minimum Gasteiger partial charge on any atom is -0.487 e. The summed E-state index contributed by atoms with van der Waals surface area (Å²) in [5.41, 5.74) is 16.5. The number of benzene rings is 6. The number of aliphatic hydroxyl groups is 1. The van der Waals surface area contributed by atoms with Crippen LogP contribution >= 0.6 is 0 Å². The van der Waals surface area contributed by atoms with Gasteiger partial charge < -0.3 is 14.8 Å². The summed E-state index contributed by atoms with van der Waals surface area (Å²) in [6.07, 6.45) is 13.9. The van der Waals surface area contributed by atoms with E-state index in [0.717, 1.165) is 70.3 Å². The summed E-state index contributed by atoms with van der Waals surface area (Å²) in [6, 6.07) is 64.0. The zero-order chi connectivity index (χ0) is 50.4. The van der Waals surface area contributed by atoms with Crippen LogP contribution in [0.3, 0.4) is 0 Å². The van der Waals surface area contributed by atoms with E-state index in [-0.39, 0.29) is 32.3 Å². The molecule has 0 spiro atoms. The molecular weight excluding hydrogens is 1100 g/mol. The molecule has 4 aromatic heterocycles. The number of ether oxygens (including phenoxy) is 1. The van der Waals surface area contributed by atoms with E-state index in [4.69, 9.17) is 4.74 Å². The molecule has 1 N–H and O–H groups in total. The van der Waals surface area contributed by atoms with Crippen LogP contribution in [0.2, 0.25) is 0 Å². The first-order valence-electron chi connectivity index (χ1n) is 24.7. The first-order valence-corrected chi connectivity index (χ1v) is 24.7. The van der Waals surface area contributed by atoms with Crippen LogP contribution in [-0.4, -0.2) is 25.0 Å². The van der Waals surface area contributed by atoms with Crippen LogP contribution in [0.1, 0.15) is 67.3 Å². The Morgan fingerprint density at radius 3 is 1.58 bits per heavy atom. The van der Waals surface area contributed by atoms with Gasteiger partial charge in [0.1, 0.15) is 18.1 Å². The summed E-state index contributed by atoms with van der Waals surface area (Å²) in [6.45, 7) is 4.89. The van der Waals surface area contributed by atoms with Gasteiger partial charge in [-0.25, -0.2) is 0 Å². The normalized spacial score (nSPS) is 11.6. The van der Waals surface area contributed by atoms with E-state index >= 15 is 0 Å². The standard InChI is InChI=1S/C54H49N3O2.C11H6F2N.Ir/c1-3-39(41-22-20-38(21-23-41)37-59-54-19-10-26-57-53(54)36-58)27-40(4-2)42-11-5-14-45(28-42)50-31-51(46-15-6-12-43(29-46)48-17-8-24-55-34-48)33-52(32-50)47-16-7-13-44(30-47)49-18-9-25-56-35-49;12-8-4-5-9(10(13)7-8)11-3-1-2-6-14-11;/h5-26,28-35,39-40,58H,3-4,27,36-37H2,1-2H3;1-4,6-7H;/q;-1;. The molecule has 10 aromatic rings. The summed E-state index contributed by atoms with van der Waals surface area (Å²) in [4.78, 5) is 16.9. The zero-order valence-corrected chi connectivity index (χ0v) is 43.6. The topological polar surface area (TPSA) is 81.0 Å². The Kier molecular flexibility index (Phi) is 18.3. The fourth-order valence-electron chi connectivity index (χ4n) is 9.22. The summed E-state index contributed by atoms with van der Waals surface area (Å²) >= 11 is 0. The first kappa shape index (κ1) is 52.5. The van der Waals surface area contributed by atoms with Crippen LogP contribution in [0.5, 0.6) is 5.75 Å². The van der Waals surface area contributed by atoms with Crippen LogP contribution in [0.25, 0.3) is 66.9 Å². The minimum atomic E-state index is -0.649. The molecule has 371 valence electrons. The van der Waals surface area contributed by atoms with E-state index in [2.05, 4.69) is 167 Å². The second-order valence-electron chi connectivity index (χ2n) is 17.9. The van der Waals surface area contributed by atoms with Gasteiger partial charge in [0.2, 0.25) is 0 Å². The van der Waals surface area contributed by atoms with Crippen molar-refractivity contribution >= 4 is 0 Å². The van der Waals surface area contributed by atoms with Crippen LogP contribution in [0, 0.1) is 17.7 Å². The molecule has 6 aromatic carbocycles. The molecule has 1 radical (unpaired) electrons. The third-order valence-corrected chi connectivity index (χ3v) is 13.2. The molecule has 0 aliphatic rings. The van der Waals surface area contributed by atoms with Gasteiger partial charge in [0.05, 0.1) is 6.61 Å². The van der Waals surface area contributed by atoms with E-state index in [0.29, 0.717) is 35.6 Å². The van der Waals surface area contributed by atoms with Gasteiger partial charge in [0.25, 0.3) is 0 Å². The second kappa shape index (κ2) is 25.7. The van der Waals surface area contributed by atoms with Crippen molar-refractivity contribution in [3.8, 4) is 72.6 Å². The number of aromatic nitrogens is 4. The molecule has 0 saturated carbocycles. The molecule has 0 aliphatic heterocycles. The molecule has 0 aliphatic carbocycles. The van der Waals surface area contributed by atoms with Crippen LogP contribution in [-0.2, 0) is 33.3 Å². The van der Waals surface area contributed by atoms with Gasteiger partial charge in [-0.2, -0.15) is 0 Å². The molecule has 0 amide bonds. The quantitative estimate of drug-likeness (QED) is 0.0971. The van der Waals surface area contributed by atoms with Gasteiger partial charge in [0, 0.05) is 80.0 Å². The van der Waals surface area contributed by atoms with Crippen LogP contribution in [0.15, 0.2) is 219 Å². The SMILES string of the molecule is CCC(CC(CC)c1cccc(-c2cc(-c3cccc(-c4cccnc4)c3)cc(-c3cccc(-c4cccnc4)c3)c2)c1)c1ccc(COc2cccnc2CO)cc1.Fc1c[c-]c(-c2ccccn2)c(F)c1.[Ir]. The van der Waals surface area contributed by atoms with Crippen molar-refractivity contribution in [2.75, 3.05) is 0 Å². The van der Waals surface area contributed by atoms with E-state index in [1.807, 2.05) is 49.1 Å². The average molecular weight is 1150 g/mol. The number of rotatable bonds is 16. The predicted octanol–water partition coefficient (Wildman–Crippen LogP) is 16.2. The third kappa shape index (κ3) is 13.2. The van der Waals surface area contributed by atoms with E-state index in [1.165, 1.54) is 33.4 Å². The van der Waals surface area contributed by atoms with E-state index in [1.54, 1.807) is 30.6 Å². The number of hydrogen-bond donors (Lipinski definition) is 1. The second-order valence-corrected chi connectivity index (χ2v) is 17.9.